The molecule has 0 aliphatic heterocycles. The predicted octanol–water partition coefficient (Wildman–Crippen LogP) is 12.5. The molecule has 0 saturated carbocycles. The smallest absolute Gasteiger partial charge is 0.165 e. The van der Waals surface area contributed by atoms with E-state index in [9.17, 15) is 0 Å². The fourth-order valence-corrected chi connectivity index (χ4v) is 7.60. The molecule has 10 rings (SSSR count). The van der Waals surface area contributed by atoms with Crippen molar-refractivity contribution in [3.8, 4) is 56.4 Å². The molecule has 0 saturated heterocycles. The number of furan rings is 1. The zero-order valence-electron chi connectivity index (χ0n) is 36.0. The summed E-state index contributed by atoms with van der Waals surface area (Å²) in [6.07, 6.45) is 0. The Balaban J connectivity index is 1.23. The minimum atomic E-state index is -0.573. The first-order valence-corrected chi connectivity index (χ1v) is 16.6. The molecule has 0 unspecified atom stereocenters. The maximum atomic E-state index is 8.85. The number of nitrogens with zero attached hydrogens (tertiary/aromatic N) is 3. The number of benzene rings is 7. The Labute approximate surface area is 306 Å². The van der Waals surface area contributed by atoms with E-state index >= 15 is 0 Å². The largest absolute Gasteiger partial charge is 0.455 e. The van der Waals surface area contributed by atoms with Gasteiger partial charge < -0.3 is 4.42 Å². The topological polar surface area (TPSA) is 51.8 Å². The summed E-state index contributed by atoms with van der Waals surface area (Å²) >= 11 is 1.67. The van der Waals surface area contributed by atoms with Crippen LogP contribution in [-0.2, 0) is 0 Å². The predicted molar refractivity (Wildman–Crippen MR) is 207 cm³/mol. The summed E-state index contributed by atoms with van der Waals surface area (Å²) in [6.45, 7) is 0. The molecule has 234 valence electrons. The fourth-order valence-electron chi connectivity index (χ4n) is 6.39. The second kappa shape index (κ2) is 11.6. The lowest BCUT2D eigenvalue weighted by atomic mass is 9.95. The van der Waals surface area contributed by atoms with Crippen LogP contribution >= 0.6 is 11.3 Å². The summed E-state index contributed by atoms with van der Waals surface area (Å²) in [5.41, 5.74) is 2.75. The second-order valence-corrected chi connectivity index (χ2v) is 12.7. The van der Waals surface area contributed by atoms with Crippen LogP contribution in [0.15, 0.2) is 168 Å². The monoisotopic (exact) mass is 667 g/mol. The molecule has 0 spiro atoms. The van der Waals surface area contributed by atoms with E-state index in [2.05, 4.69) is 18.2 Å². The number of hydrogen-bond acceptors (Lipinski definition) is 5. The molecule has 10 aromatic rings. The van der Waals surface area contributed by atoms with Crippen LogP contribution in [0.1, 0.15) is 13.7 Å². The fraction of sp³-hybridized carbons (Fsp3) is 0. The molecule has 0 radical (unpaired) electrons. The van der Waals surface area contributed by atoms with Crippen LogP contribution in [-0.4, -0.2) is 15.0 Å². The van der Waals surface area contributed by atoms with Crippen LogP contribution in [0.5, 0.6) is 0 Å². The van der Waals surface area contributed by atoms with Crippen molar-refractivity contribution in [2.45, 2.75) is 0 Å². The molecular formula is C45H27N3OS. The molecule has 0 aliphatic rings. The second-order valence-electron chi connectivity index (χ2n) is 11.7. The van der Waals surface area contributed by atoms with Crippen molar-refractivity contribution in [3.05, 3.63) is 164 Å². The van der Waals surface area contributed by atoms with Gasteiger partial charge in [0.1, 0.15) is 11.2 Å². The molecule has 4 nitrogen and oxygen atoms in total. The van der Waals surface area contributed by atoms with Gasteiger partial charge in [0.15, 0.2) is 17.5 Å². The molecule has 0 amide bonds. The normalized spacial score (nSPS) is 14.4. The van der Waals surface area contributed by atoms with Crippen LogP contribution in [0.2, 0.25) is 0 Å². The van der Waals surface area contributed by atoms with Gasteiger partial charge in [-0.2, -0.15) is 0 Å². The van der Waals surface area contributed by atoms with Crippen LogP contribution in [0.4, 0.5) is 0 Å². The van der Waals surface area contributed by atoms with Gasteiger partial charge in [0.25, 0.3) is 0 Å². The van der Waals surface area contributed by atoms with E-state index in [-0.39, 0.29) is 27.8 Å². The summed E-state index contributed by atoms with van der Waals surface area (Å²) in [4.78, 5) is 14.9. The van der Waals surface area contributed by atoms with Gasteiger partial charge in [-0.15, -0.1) is 11.3 Å². The maximum absolute atomic E-state index is 8.85. The third-order valence-corrected chi connectivity index (χ3v) is 9.92. The highest BCUT2D eigenvalue weighted by Gasteiger charge is 2.19. The van der Waals surface area contributed by atoms with E-state index < -0.39 is 60.4 Å². The van der Waals surface area contributed by atoms with E-state index in [4.69, 9.17) is 33.1 Å². The van der Waals surface area contributed by atoms with Crippen molar-refractivity contribution < 1.29 is 18.1 Å². The minimum absolute atomic E-state index is 0.0919. The number of rotatable bonds is 5. The van der Waals surface area contributed by atoms with E-state index in [1.54, 1.807) is 29.5 Å². The Kier molecular flexibility index (Phi) is 4.69. The van der Waals surface area contributed by atoms with Crippen LogP contribution in [0.3, 0.4) is 0 Å². The number of aromatic nitrogens is 3. The first-order valence-electron chi connectivity index (χ1n) is 20.8. The lowest BCUT2D eigenvalue weighted by Crippen LogP contribution is -2.00. The van der Waals surface area contributed by atoms with Crippen LogP contribution in [0, 0.1) is 0 Å². The van der Waals surface area contributed by atoms with E-state index in [1.807, 2.05) is 60.7 Å². The molecule has 0 aliphatic carbocycles. The Morgan fingerprint density at radius 1 is 0.460 bits per heavy atom. The molecule has 7 aromatic carbocycles. The highest BCUT2D eigenvalue weighted by atomic mass is 32.1. The zero-order chi connectivity index (χ0) is 41.7. The van der Waals surface area contributed by atoms with Crippen molar-refractivity contribution in [2.24, 2.45) is 0 Å². The molecular weight excluding hydrogens is 631 g/mol. The Hall–Kier alpha value is -6.43. The van der Waals surface area contributed by atoms with E-state index in [0.717, 1.165) is 31.3 Å². The van der Waals surface area contributed by atoms with Crippen molar-refractivity contribution in [1.29, 1.82) is 0 Å². The van der Waals surface area contributed by atoms with Crippen molar-refractivity contribution in [3.63, 3.8) is 0 Å². The summed E-state index contributed by atoms with van der Waals surface area (Å²) in [5.74, 6) is 1.31. The van der Waals surface area contributed by atoms with Crippen molar-refractivity contribution >= 4 is 53.4 Å². The van der Waals surface area contributed by atoms with Crippen molar-refractivity contribution in [2.75, 3.05) is 0 Å². The molecule has 0 atom stereocenters. The third kappa shape index (κ3) is 4.79. The third-order valence-electron chi connectivity index (χ3n) is 8.70. The van der Waals surface area contributed by atoms with E-state index in [1.165, 1.54) is 6.07 Å². The van der Waals surface area contributed by atoms with E-state index in [0.29, 0.717) is 39.4 Å². The number of fused-ring (bicyclic) bond motifs is 6. The van der Waals surface area contributed by atoms with Gasteiger partial charge in [0, 0.05) is 53.2 Å². The lowest BCUT2D eigenvalue weighted by molar-refractivity contribution is 0.670. The number of thiophene rings is 1. The van der Waals surface area contributed by atoms with Crippen LogP contribution in [0.25, 0.3) is 98.5 Å². The highest BCUT2D eigenvalue weighted by Crippen LogP contribution is 2.42. The zero-order valence-corrected chi connectivity index (χ0v) is 26.8. The van der Waals surface area contributed by atoms with Gasteiger partial charge in [0.2, 0.25) is 0 Å². The Morgan fingerprint density at radius 2 is 1.16 bits per heavy atom. The summed E-state index contributed by atoms with van der Waals surface area (Å²) < 4.78 is 93.9. The molecule has 0 bridgehead atoms. The molecule has 0 fully saturated rings. The lowest BCUT2D eigenvalue weighted by Gasteiger charge is -2.09. The molecule has 50 heavy (non-hydrogen) atoms. The van der Waals surface area contributed by atoms with Gasteiger partial charge >= 0.3 is 0 Å². The highest BCUT2D eigenvalue weighted by molar-refractivity contribution is 7.26. The quantitative estimate of drug-likeness (QED) is 0.183. The maximum Gasteiger partial charge on any atom is 0.165 e. The van der Waals surface area contributed by atoms with Crippen molar-refractivity contribution in [1.82, 2.24) is 15.0 Å². The van der Waals surface area contributed by atoms with Gasteiger partial charge in [-0.3, -0.25) is 0 Å². The van der Waals surface area contributed by atoms with Gasteiger partial charge in [-0.1, -0.05) is 127 Å². The summed E-state index contributed by atoms with van der Waals surface area (Å²) in [7, 11) is 0. The summed E-state index contributed by atoms with van der Waals surface area (Å²) in [5, 5.41) is 3.23. The Bertz CT molecular complexity index is 3400. The van der Waals surface area contributed by atoms with Gasteiger partial charge in [0.05, 0.1) is 13.7 Å². The molecule has 3 aromatic heterocycles. The first kappa shape index (κ1) is 20.2. The summed E-state index contributed by atoms with van der Waals surface area (Å²) in [6, 6.07) is 27.2. The first-order chi connectivity index (χ1) is 28.9. The van der Waals surface area contributed by atoms with Gasteiger partial charge in [-0.05, 0) is 53.1 Å². The standard InChI is InChI=1S/C45H27N3OS/c1-4-13-28(14-5-1)32-25-37(29-15-6-2-7-16-29)41-38(26-32)33-24-23-31(27-39(33)49-41)44-46-43(30-17-8-3-9-18-30)47-45(48-44)36-21-12-20-35-34-19-10-11-22-40(34)50-42(35)36/h1-27H/i1D,2D,4D,5D,6D,7D,13D,14D,15D,16D. The van der Waals surface area contributed by atoms with Crippen LogP contribution < -0.4 is 0 Å². The minimum Gasteiger partial charge on any atom is -0.455 e. The molecule has 5 heteroatoms. The van der Waals surface area contributed by atoms with Gasteiger partial charge in [-0.25, -0.2) is 15.0 Å². The Morgan fingerprint density at radius 3 is 1.98 bits per heavy atom. The SMILES string of the molecule is [2H]c1c([2H])c([2H])c(-c2cc(-c3c([2H])c([2H])c([2H])c([2H])c3[2H])c3oc4cc(-c5nc(-c6ccccc6)nc(-c6cccc7c6sc6ccccc67)n5)ccc4c3c2)c([2H])c1[2H]. The molecule has 0 N–H and O–H groups in total. The average Bonchev–Trinajstić information content (AvgIpc) is 3.85. The number of hydrogen-bond donors (Lipinski definition) is 0. The average molecular weight is 668 g/mol. The molecule has 3 heterocycles.